The molecule has 1 amide bonds. The van der Waals surface area contributed by atoms with Gasteiger partial charge in [0.25, 0.3) is 5.91 Å². The van der Waals surface area contributed by atoms with Crippen LogP contribution >= 0.6 is 0 Å². The van der Waals surface area contributed by atoms with Gasteiger partial charge in [0.2, 0.25) is 0 Å². The summed E-state index contributed by atoms with van der Waals surface area (Å²) in [5.41, 5.74) is 5.05. The van der Waals surface area contributed by atoms with Crippen molar-refractivity contribution >= 4 is 16.9 Å². The molecule has 0 N–H and O–H groups in total. The molecule has 0 spiro atoms. The number of carbonyl (C=O) groups is 1. The predicted octanol–water partition coefficient (Wildman–Crippen LogP) is 5.18. The van der Waals surface area contributed by atoms with Gasteiger partial charge in [0, 0.05) is 26.0 Å². The number of aryl methyl sites for hydroxylation is 2. The number of rotatable bonds is 9. The van der Waals surface area contributed by atoms with E-state index in [1.165, 1.54) is 11.1 Å². The quantitative estimate of drug-likeness (QED) is 0.335. The fourth-order valence-electron chi connectivity index (χ4n) is 3.92. The lowest BCUT2D eigenvalue weighted by molar-refractivity contribution is 0.0779. The second-order valence-electron chi connectivity index (χ2n) is 8.32. The van der Waals surface area contributed by atoms with Crippen LogP contribution in [0.5, 0.6) is 5.75 Å². The first kappa shape index (κ1) is 22.5. The molecule has 2 aromatic carbocycles. The highest BCUT2D eigenvalue weighted by atomic mass is 16.5. The molecule has 0 atom stereocenters. The van der Waals surface area contributed by atoms with Crippen molar-refractivity contribution in [2.45, 2.75) is 39.8 Å². The van der Waals surface area contributed by atoms with Crippen molar-refractivity contribution in [2.75, 3.05) is 13.7 Å². The summed E-state index contributed by atoms with van der Waals surface area (Å²) in [6.07, 6.45) is 5.15. The first-order valence-electron chi connectivity index (χ1n) is 11.3. The second-order valence-corrected chi connectivity index (χ2v) is 8.32. The topological polar surface area (TPSA) is 60.2 Å². The molecule has 0 aliphatic heterocycles. The van der Waals surface area contributed by atoms with E-state index in [0.29, 0.717) is 18.7 Å². The third-order valence-corrected chi connectivity index (χ3v) is 5.96. The largest absolute Gasteiger partial charge is 0.493 e. The number of fused-ring (bicyclic) bond motifs is 1. The number of hydrogen-bond acceptors (Lipinski definition) is 4. The van der Waals surface area contributed by atoms with E-state index in [0.717, 1.165) is 42.0 Å². The molecule has 6 nitrogen and oxygen atoms in total. The second kappa shape index (κ2) is 10.3. The molecule has 0 fully saturated rings. The zero-order chi connectivity index (χ0) is 23.2. The fourth-order valence-corrected chi connectivity index (χ4v) is 3.92. The van der Waals surface area contributed by atoms with Crippen LogP contribution in [0.4, 0.5) is 0 Å². The summed E-state index contributed by atoms with van der Waals surface area (Å²) in [5.74, 6) is 1.77. The maximum absolute atomic E-state index is 12.8. The highest BCUT2D eigenvalue weighted by Crippen LogP contribution is 2.22. The van der Waals surface area contributed by atoms with Gasteiger partial charge in [0.1, 0.15) is 11.6 Å². The molecule has 0 bridgehead atoms. The smallest absolute Gasteiger partial charge is 0.255 e. The van der Waals surface area contributed by atoms with Gasteiger partial charge in [0.05, 0.1) is 29.7 Å². The Morgan fingerprint density at radius 1 is 1.03 bits per heavy atom. The molecule has 2 aromatic heterocycles. The molecule has 0 unspecified atom stereocenters. The van der Waals surface area contributed by atoms with E-state index in [-0.39, 0.29) is 5.91 Å². The van der Waals surface area contributed by atoms with Crippen molar-refractivity contribution in [3.8, 4) is 5.75 Å². The molecule has 6 heteroatoms. The molecule has 0 saturated carbocycles. The Hall–Kier alpha value is -3.67. The van der Waals surface area contributed by atoms with E-state index in [4.69, 9.17) is 9.72 Å². The minimum Gasteiger partial charge on any atom is -0.493 e. The number of carbonyl (C=O) groups excluding carboxylic acids is 1. The summed E-state index contributed by atoms with van der Waals surface area (Å²) in [6, 6.07) is 17.8. The van der Waals surface area contributed by atoms with Crippen LogP contribution in [0.2, 0.25) is 0 Å². The van der Waals surface area contributed by atoms with Gasteiger partial charge >= 0.3 is 0 Å². The molecule has 0 saturated heterocycles. The summed E-state index contributed by atoms with van der Waals surface area (Å²) >= 11 is 0. The maximum atomic E-state index is 12.8. The molecule has 4 rings (SSSR count). The van der Waals surface area contributed by atoms with Gasteiger partial charge in [-0.2, -0.15) is 0 Å². The third-order valence-electron chi connectivity index (χ3n) is 5.96. The summed E-state index contributed by atoms with van der Waals surface area (Å²) in [5, 5.41) is 0. The van der Waals surface area contributed by atoms with Crippen LogP contribution in [0.25, 0.3) is 11.0 Å². The maximum Gasteiger partial charge on any atom is 0.255 e. The average molecular weight is 443 g/mol. The number of para-hydroxylation sites is 2. The van der Waals surface area contributed by atoms with Crippen LogP contribution in [0, 0.1) is 13.8 Å². The van der Waals surface area contributed by atoms with Crippen LogP contribution < -0.4 is 4.74 Å². The van der Waals surface area contributed by atoms with Crippen LogP contribution in [0.15, 0.2) is 67.0 Å². The number of pyridine rings is 1. The van der Waals surface area contributed by atoms with Crippen LogP contribution in [-0.4, -0.2) is 39.0 Å². The van der Waals surface area contributed by atoms with Crippen molar-refractivity contribution in [3.63, 3.8) is 0 Å². The molecule has 0 radical (unpaired) electrons. The lowest BCUT2D eigenvalue weighted by Gasteiger charge is -2.18. The number of aromatic nitrogens is 3. The Kier molecular flexibility index (Phi) is 7.03. The lowest BCUT2D eigenvalue weighted by Crippen LogP contribution is -2.28. The predicted molar refractivity (Wildman–Crippen MR) is 130 cm³/mol. The van der Waals surface area contributed by atoms with Gasteiger partial charge in [0.15, 0.2) is 0 Å². The first-order valence-corrected chi connectivity index (χ1v) is 11.3. The van der Waals surface area contributed by atoms with Gasteiger partial charge in [-0.05, 0) is 68.1 Å². The van der Waals surface area contributed by atoms with Crippen molar-refractivity contribution < 1.29 is 9.53 Å². The van der Waals surface area contributed by atoms with Crippen molar-refractivity contribution in [2.24, 2.45) is 0 Å². The highest BCUT2D eigenvalue weighted by Gasteiger charge is 2.17. The van der Waals surface area contributed by atoms with Gasteiger partial charge < -0.3 is 14.2 Å². The average Bonchev–Trinajstić information content (AvgIpc) is 3.18. The van der Waals surface area contributed by atoms with Crippen LogP contribution in [-0.2, 0) is 13.1 Å². The molecule has 0 aliphatic carbocycles. The number of hydrogen-bond donors (Lipinski definition) is 0. The molecular weight excluding hydrogens is 412 g/mol. The van der Waals surface area contributed by atoms with Gasteiger partial charge in [-0.3, -0.25) is 9.78 Å². The summed E-state index contributed by atoms with van der Waals surface area (Å²) < 4.78 is 8.24. The van der Waals surface area contributed by atoms with E-state index in [9.17, 15) is 4.79 Å². The Morgan fingerprint density at radius 2 is 1.88 bits per heavy atom. The van der Waals surface area contributed by atoms with Crippen LogP contribution in [0.3, 0.4) is 0 Å². The number of imidazole rings is 1. The molecule has 0 aliphatic rings. The summed E-state index contributed by atoms with van der Waals surface area (Å²) in [7, 11) is 1.80. The lowest BCUT2D eigenvalue weighted by atomic mass is 10.1. The van der Waals surface area contributed by atoms with Gasteiger partial charge in [-0.25, -0.2) is 4.98 Å². The minimum absolute atomic E-state index is 0.0661. The third kappa shape index (κ3) is 5.22. The van der Waals surface area contributed by atoms with Crippen LogP contribution in [0.1, 0.15) is 40.2 Å². The Labute approximate surface area is 194 Å². The van der Waals surface area contributed by atoms with E-state index >= 15 is 0 Å². The number of benzene rings is 2. The number of amides is 1. The van der Waals surface area contributed by atoms with Gasteiger partial charge in [-0.15, -0.1) is 0 Å². The number of unbranched alkanes of at least 4 members (excludes halogenated alkanes) is 1. The normalized spacial score (nSPS) is 11.0. The Morgan fingerprint density at radius 3 is 2.70 bits per heavy atom. The highest BCUT2D eigenvalue weighted by molar-refractivity contribution is 5.93. The zero-order valence-corrected chi connectivity index (χ0v) is 19.5. The van der Waals surface area contributed by atoms with Crippen molar-refractivity contribution in [1.82, 2.24) is 19.4 Å². The Bertz CT molecular complexity index is 1230. The standard InChI is InChI=1S/C27H30N4O2/c1-20-10-8-14-25(21(20)2)33-17-7-6-16-31-24-13-5-4-12-23(24)29-26(31)19-30(3)27(32)22-11-9-15-28-18-22/h4-5,8-15,18H,6-7,16-17,19H2,1-3H3. The molecule has 4 aromatic rings. The number of nitrogens with zero attached hydrogens (tertiary/aromatic N) is 4. The van der Waals surface area contributed by atoms with Crippen molar-refractivity contribution in [1.29, 1.82) is 0 Å². The van der Waals surface area contributed by atoms with E-state index in [1.807, 2.05) is 30.3 Å². The fraction of sp³-hybridized carbons (Fsp3) is 0.296. The van der Waals surface area contributed by atoms with E-state index < -0.39 is 0 Å². The Balaban J connectivity index is 1.42. The molecular formula is C27H30N4O2. The minimum atomic E-state index is -0.0661. The van der Waals surface area contributed by atoms with E-state index in [2.05, 4.69) is 35.5 Å². The summed E-state index contributed by atoms with van der Waals surface area (Å²) in [6.45, 7) is 6.12. The summed E-state index contributed by atoms with van der Waals surface area (Å²) in [4.78, 5) is 23.4. The SMILES string of the molecule is Cc1cccc(OCCCCn2c(CN(C)C(=O)c3cccnc3)nc3ccccc32)c1C. The van der Waals surface area contributed by atoms with E-state index in [1.54, 1.807) is 36.5 Å². The zero-order valence-electron chi connectivity index (χ0n) is 19.5. The van der Waals surface area contributed by atoms with Crippen molar-refractivity contribution in [3.05, 3.63) is 89.5 Å². The van der Waals surface area contributed by atoms with Gasteiger partial charge in [-0.1, -0.05) is 24.3 Å². The number of ether oxygens (including phenoxy) is 1. The molecule has 2 heterocycles. The monoisotopic (exact) mass is 442 g/mol. The molecule has 170 valence electrons. The molecule has 33 heavy (non-hydrogen) atoms. The first-order chi connectivity index (χ1) is 16.0.